The molecule has 0 heterocycles. The molecule has 0 fully saturated rings. The van der Waals surface area contributed by atoms with Gasteiger partial charge in [-0.05, 0) is 26.0 Å². The first-order valence-electron chi connectivity index (χ1n) is 7.77. The van der Waals surface area contributed by atoms with Gasteiger partial charge in [0.1, 0.15) is 11.3 Å². The van der Waals surface area contributed by atoms with E-state index in [1.165, 1.54) is 18.2 Å². The fraction of sp³-hybridized carbons (Fsp3) is 0.222. The Bertz CT molecular complexity index is 802. The van der Waals surface area contributed by atoms with Gasteiger partial charge in [-0.15, -0.1) is 0 Å². The van der Waals surface area contributed by atoms with Gasteiger partial charge < -0.3 is 15.8 Å². The van der Waals surface area contributed by atoms with E-state index in [0.29, 0.717) is 10.5 Å². The van der Waals surface area contributed by atoms with Gasteiger partial charge in [-0.1, -0.05) is 18.2 Å². The van der Waals surface area contributed by atoms with E-state index in [-0.39, 0.29) is 35.5 Å². The summed E-state index contributed by atoms with van der Waals surface area (Å²) in [5.41, 5.74) is 5.84. The lowest BCUT2D eigenvalue weighted by Gasteiger charge is -2.09. The lowest BCUT2D eigenvalue weighted by Crippen LogP contribution is -2.34. The maximum absolute atomic E-state index is 12.6. The molecule has 25 heavy (non-hydrogen) atoms. The molecule has 0 atom stereocenters. The summed E-state index contributed by atoms with van der Waals surface area (Å²) in [7, 11) is 0. The van der Waals surface area contributed by atoms with E-state index in [9.17, 15) is 14.5 Å². The minimum Gasteiger partial charge on any atom is -0.484 e. The molecule has 0 aromatic heterocycles. The molecular formula is C18H20N3O4+. The highest BCUT2D eigenvalue weighted by Crippen LogP contribution is 2.26. The summed E-state index contributed by atoms with van der Waals surface area (Å²) in [4.78, 5) is 35.7. The Morgan fingerprint density at radius 1 is 1.16 bits per heavy atom. The second-order valence-corrected chi connectivity index (χ2v) is 5.68. The number of nitrogens with one attached hydrogen (secondary N) is 1. The van der Waals surface area contributed by atoms with Crippen molar-refractivity contribution in [2.45, 2.75) is 19.9 Å². The van der Waals surface area contributed by atoms with Crippen LogP contribution in [0.2, 0.25) is 0 Å². The van der Waals surface area contributed by atoms with Crippen LogP contribution in [0.4, 0.5) is 11.4 Å². The predicted molar refractivity (Wildman–Crippen MR) is 95.0 cm³/mol. The topological polar surface area (TPSA) is 102 Å². The minimum absolute atomic E-state index is 0.0184. The Kier molecular flexibility index (Phi) is 5.84. The number of nitroso groups, excluding NO2 is 1. The van der Waals surface area contributed by atoms with Crippen LogP contribution in [0.1, 0.15) is 24.2 Å². The third kappa shape index (κ3) is 4.87. The van der Waals surface area contributed by atoms with Crippen LogP contribution >= 0.6 is 0 Å². The Morgan fingerprint density at radius 3 is 2.56 bits per heavy atom. The Labute approximate surface area is 145 Å². The van der Waals surface area contributed by atoms with Crippen LogP contribution in [0.25, 0.3) is 0 Å². The predicted octanol–water partition coefficient (Wildman–Crippen LogP) is 2.29. The molecule has 7 nitrogen and oxygen atoms in total. The zero-order valence-corrected chi connectivity index (χ0v) is 14.1. The molecule has 130 valence electrons. The lowest BCUT2D eigenvalue weighted by molar-refractivity contribution is -0.123. The highest BCUT2D eigenvalue weighted by molar-refractivity contribution is 5.98. The van der Waals surface area contributed by atoms with Crippen molar-refractivity contribution in [2.24, 2.45) is 5.73 Å². The second-order valence-electron chi connectivity index (χ2n) is 5.68. The molecule has 2 aromatic carbocycles. The van der Waals surface area contributed by atoms with Crippen molar-refractivity contribution >= 4 is 23.2 Å². The van der Waals surface area contributed by atoms with Crippen molar-refractivity contribution in [1.82, 2.24) is 10.1 Å². The molecule has 0 saturated heterocycles. The molecule has 0 spiro atoms. The number of benzene rings is 2. The van der Waals surface area contributed by atoms with Crippen LogP contribution in [-0.4, -0.2) is 24.5 Å². The fourth-order valence-electron chi connectivity index (χ4n) is 2.21. The first-order valence-corrected chi connectivity index (χ1v) is 7.77. The lowest BCUT2D eigenvalue weighted by atomic mass is 10.1. The molecule has 2 rings (SSSR count). The van der Waals surface area contributed by atoms with Crippen LogP contribution in [0.5, 0.6) is 5.75 Å². The molecule has 0 aliphatic carbocycles. The summed E-state index contributed by atoms with van der Waals surface area (Å²) in [6, 6.07) is 12.6. The molecule has 0 bridgehead atoms. The molecule has 2 aromatic rings. The molecular weight excluding hydrogens is 322 g/mol. The molecule has 0 aliphatic heterocycles. The van der Waals surface area contributed by atoms with Gasteiger partial charge in [0.15, 0.2) is 6.61 Å². The van der Waals surface area contributed by atoms with Gasteiger partial charge in [0.05, 0.1) is 10.8 Å². The summed E-state index contributed by atoms with van der Waals surface area (Å²) >= 11 is 0. The summed E-state index contributed by atoms with van der Waals surface area (Å²) in [6.45, 7) is 3.55. The van der Waals surface area contributed by atoms with Crippen LogP contribution in [-0.2, 0) is 4.79 Å². The summed E-state index contributed by atoms with van der Waals surface area (Å²) < 4.78 is 6.00. The number of carbonyl (C=O) groups excluding carboxylic acids is 2. The van der Waals surface area contributed by atoms with Gasteiger partial charge >= 0.3 is 0 Å². The fourth-order valence-corrected chi connectivity index (χ4v) is 2.21. The highest BCUT2D eigenvalue weighted by Gasteiger charge is 2.24. The van der Waals surface area contributed by atoms with Crippen molar-refractivity contribution in [2.75, 3.05) is 6.61 Å². The van der Waals surface area contributed by atoms with E-state index >= 15 is 0 Å². The van der Waals surface area contributed by atoms with Crippen molar-refractivity contribution in [3.05, 3.63) is 59.0 Å². The van der Waals surface area contributed by atoms with Gasteiger partial charge in [-0.2, -0.15) is 0 Å². The van der Waals surface area contributed by atoms with Crippen LogP contribution < -0.4 is 20.5 Å². The molecule has 2 amide bonds. The van der Waals surface area contributed by atoms with Gasteiger partial charge in [0.25, 0.3) is 23.2 Å². The zero-order chi connectivity index (χ0) is 18.4. The van der Waals surface area contributed by atoms with E-state index in [2.05, 4.69) is 5.32 Å². The molecule has 0 aliphatic rings. The highest BCUT2D eigenvalue weighted by atomic mass is 16.5. The average Bonchev–Trinajstić information content (AvgIpc) is 2.59. The maximum Gasteiger partial charge on any atom is 0.276 e. The monoisotopic (exact) mass is 342 g/mol. The van der Waals surface area contributed by atoms with Crippen molar-refractivity contribution in [1.29, 1.82) is 0 Å². The number of nitrogens with zero attached hydrogens (tertiary/aromatic N) is 1. The SMILES string of the molecule is CC(C)NC(=O)COc1cccc([N+](=O)c2ccccc2C(N)=O)c1. The Hall–Kier alpha value is -3.22. The van der Waals surface area contributed by atoms with Crippen LogP contribution in [0, 0.1) is 4.91 Å². The minimum atomic E-state index is -0.686. The van der Waals surface area contributed by atoms with Crippen molar-refractivity contribution in [3.8, 4) is 5.75 Å². The maximum atomic E-state index is 12.6. The quantitative estimate of drug-likeness (QED) is 0.754. The number of nitrogens with two attached hydrogens (primary N) is 1. The van der Waals surface area contributed by atoms with Crippen LogP contribution in [0.3, 0.4) is 0 Å². The van der Waals surface area contributed by atoms with Gasteiger partial charge in [-0.3, -0.25) is 9.59 Å². The third-order valence-electron chi connectivity index (χ3n) is 3.26. The number of primary amides is 1. The van der Waals surface area contributed by atoms with E-state index in [4.69, 9.17) is 10.5 Å². The number of rotatable bonds is 7. The first kappa shape index (κ1) is 18.1. The number of carbonyl (C=O) groups is 2. The largest absolute Gasteiger partial charge is 0.484 e. The van der Waals surface area contributed by atoms with Gasteiger partial charge in [0, 0.05) is 23.1 Å². The number of hydrogen-bond acceptors (Lipinski definition) is 4. The van der Waals surface area contributed by atoms with Crippen molar-refractivity contribution < 1.29 is 14.3 Å². The molecule has 3 N–H and O–H groups in total. The van der Waals surface area contributed by atoms with Crippen LogP contribution in [0.15, 0.2) is 48.5 Å². The number of para-hydroxylation sites is 1. The molecule has 0 unspecified atom stereocenters. The Morgan fingerprint density at radius 2 is 1.88 bits per heavy atom. The first-order chi connectivity index (χ1) is 11.9. The zero-order valence-electron chi connectivity index (χ0n) is 14.1. The van der Waals surface area contributed by atoms with Crippen molar-refractivity contribution in [3.63, 3.8) is 0 Å². The number of hydrogen-bond donors (Lipinski definition) is 2. The molecule has 7 heteroatoms. The third-order valence-corrected chi connectivity index (χ3v) is 3.26. The normalized spacial score (nSPS) is 10.4. The van der Waals surface area contributed by atoms with E-state index in [0.717, 1.165) is 0 Å². The van der Waals surface area contributed by atoms with Gasteiger partial charge in [0.2, 0.25) is 0 Å². The average molecular weight is 342 g/mol. The standard InChI is InChI=1S/C18H19N3O4/c1-12(2)20-17(22)11-25-14-7-5-6-13(10-14)21(24)16-9-4-3-8-15(16)18(19)23/h3-10,12H,11H2,1-2H3,(H2-,19,20,22,23)/p+1. The summed E-state index contributed by atoms with van der Waals surface area (Å²) in [5.74, 6) is -0.568. The number of ether oxygens (including phenoxy) is 1. The second kappa shape index (κ2) is 8.05. The van der Waals surface area contributed by atoms with E-state index in [1.807, 2.05) is 13.8 Å². The van der Waals surface area contributed by atoms with Gasteiger partial charge in [-0.25, -0.2) is 0 Å². The molecule has 0 radical (unpaired) electrons. The number of amides is 2. The van der Waals surface area contributed by atoms with E-state index < -0.39 is 5.91 Å². The summed E-state index contributed by atoms with van der Waals surface area (Å²) in [6.07, 6.45) is 0. The van der Waals surface area contributed by atoms with E-state index in [1.54, 1.807) is 30.3 Å². The summed E-state index contributed by atoms with van der Waals surface area (Å²) in [5, 5.41) is 2.71. The smallest absolute Gasteiger partial charge is 0.276 e. The molecule has 0 saturated carbocycles. The Balaban J connectivity index is 2.17.